The van der Waals surface area contributed by atoms with Crippen molar-refractivity contribution in [3.63, 3.8) is 0 Å². The van der Waals surface area contributed by atoms with Crippen LogP contribution >= 0.6 is 0 Å². The van der Waals surface area contributed by atoms with Crippen LogP contribution in [0.4, 0.5) is 10.1 Å². The van der Waals surface area contributed by atoms with Crippen molar-refractivity contribution in [3.8, 4) is 11.5 Å². The lowest BCUT2D eigenvalue weighted by molar-refractivity contribution is -0.145. The molecule has 2 aromatic carbocycles. The number of aromatic hydroxyl groups is 2. The number of phenolic OH excluding ortho intramolecular Hbond substituents is 2. The molecule has 0 radical (unpaired) electrons. The predicted octanol–water partition coefficient (Wildman–Crippen LogP) is 2.00. The Morgan fingerprint density at radius 2 is 1.85 bits per heavy atom. The molecule has 33 heavy (non-hydrogen) atoms. The molecule has 2 saturated heterocycles. The van der Waals surface area contributed by atoms with Crippen molar-refractivity contribution in [1.82, 2.24) is 10.2 Å². The van der Waals surface area contributed by atoms with Gasteiger partial charge in [-0.3, -0.25) is 24.6 Å². The fourth-order valence-electron chi connectivity index (χ4n) is 5.54. The van der Waals surface area contributed by atoms with Gasteiger partial charge in [-0.05, 0) is 55.7 Å². The van der Waals surface area contributed by atoms with Gasteiger partial charge in [-0.15, -0.1) is 0 Å². The number of hydrogen-bond donors (Lipinski definition) is 4. The van der Waals surface area contributed by atoms with E-state index in [1.165, 1.54) is 35.2 Å². The zero-order chi connectivity index (χ0) is 23.7. The Morgan fingerprint density at radius 1 is 1.09 bits per heavy atom. The molecule has 5 rings (SSSR count). The first-order valence-electron chi connectivity index (χ1n) is 11.0. The number of hydrogen-bond acceptors (Lipinski definition) is 6. The maximum Gasteiger partial charge on any atom is 0.250 e. The molecule has 8 nitrogen and oxygen atoms in total. The molecule has 2 aromatic rings. The maximum absolute atomic E-state index is 14.2. The number of fused-ring (bicyclic) bond motifs is 4. The second-order valence-electron chi connectivity index (χ2n) is 9.04. The van der Waals surface area contributed by atoms with Gasteiger partial charge in [-0.1, -0.05) is 13.0 Å². The van der Waals surface area contributed by atoms with Crippen molar-refractivity contribution in [2.75, 3.05) is 5.32 Å². The Morgan fingerprint density at radius 3 is 2.55 bits per heavy atom. The van der Waals surface area contributed by atoms with Crippen molar-refractivity contribution < 1.29 is 29.0 Å². The topological polar surface area (TPSA) is 119 Å². The maximum atomic E-state index is 14.2. The van der Waals surface area contributed by atoms with Gasteiger partial charge in [0.15, 0.2) is 11.5 Å². The Bertz CT molecular complexity index is 1200. The number of carbonyl (C=O) groups is 3. The average Bonchev–Trinajstić information content (AvgIpc) is 3.35. The molecule has 0 bridgehead atoms. The summed E-state index contributed by atoms with van der Waals surface area (Å²) in [5.41, 5.74) is -0.261. The van der Waals surface area contributed by atoms with Crippen molar-refractivity contribution in [2.24, 2.45) is 11.8 Å². The molecule has 0 unspecified atom stereocenters. The van der Waals surface area contributed by atoms with Crippen LogP contribution < -0.4 is 10.6 Å². The largest absolute Gasteiger partial charge is 0.504 e. The first-order valence-corrected chi connectivity index (χ1v) is 11.0. The summed E-state index contributed by atoms with van der Waals surface area (Å²) < 4.78 is 14.2. The van der Waals surface area contributed by atoms with Crippen LogP contribution in [0.5, 0.6) is 11.5 Å². The molecule has 0 aromatic heterocycles. The monoisotopic (exact) mass is 453 g/mol. The number of rotatable bonds is 4. The molecule has 5 atom stereocenters. The molecule has 3 aliphatic rings. The molecule has 3 aliphatic heterocycles. The van der Waals surface area contributed by atoms with Crippen LogP contribution in [0.1, 0.15) is 31.4 Å². The number of benzene rings is 2. The zero-order valence-electron chi connectivity index (χ0n) is 18.1. The van der Waals surface area contributed by atoms with Gasteiger partial charge < -0.3 is 15.5 Å². The van der Waals surface area contributed by atoms with Gasteiger partial charge in [0.05, 0.1) is 11.8 Å². The minimum Gasteiger partial charge on any atom is -0.504 e. The Hall–Kier alpha value is -3.46. The second kappa shape index (κ2) is 7.28. The van der Waals surface area contributed by atoms with Crippen LogP contribution in [0.2, 0.25) is 0 Å². The minimum absolute atomic E-state index is 0.210. The molecule has 2 fully saturated rings. The van der Waals surface area contributed by atoms with E-state index in [9.17, 15) is 29.0 Å². The summed E-state index contributed by atoms with van der Waals surface area (Å²) in [4.78, 5) is 41.7. The van der Waals surface area contributed by atoms with Gasteiger partial charge in [0.25, 0.3) is 0 Å². The van der Waals surface area contributed by atoms with Crippen molar-refractivity contribution in [2.45, 2.75) is 44.3 Å². The average molecular weight is 453 g/mol. The SMILES string of the molecule is CC[C@H](C)N1C(=O)[C@@H]2[C@H](Cc3ccc(O)c(O)c3)N[C@]3(C(=O)Nc4ccc(F)cc43)[C@@H]2C1=O. The molecule has 172 valence electrons. The lowest BCUT2D eigenvalue weighted by Gasteiger charge is -2.31. The van der Waals surface area contributed by atoms with Gasteiger partial charge in [0, 0.05) is 23.3 Å². The molecule has 3 amide bonds. The number of imide groups is 1. The number of nitrogens with one attached hydrogen (secondary N) is 2. The molecule has 4 N–H and O–H groups in total. The van der Waals surface area contributed by atoms with Crippen LogP contribution in [0, 0.1) is 17.7 Å². The number of phenols is 2. The summed E-state index contributed by atoms with van der Waals surface area (Å²) in [6.07, 6.45) is 0.771. The first kappa shape index (κ1) is 21.4. The summed E-state index contributed by atoms with van der Waals surface area (Å²) in [6, 6.07) is 7.26. The van der Waals surface area contributed by atoms with Crippen molar-refractivity contribution >= 4 is 23.4 Å². The molecule has 1 spiro atoms. The van der Waals surface area contributed by atoms with E-state index in [-0.39, 0.29) is 29.9 Å². The number of nitrogens with zero attached hydrogens (tertiary/aromatic N) is 1. The molecule has 9 heteroatoms. The van der Waals surface area contributed by atoms with Crippen molar-refractivity contribution in [3.05, 3.63) is 53.3 Å². The summed E-state index contributed by atoms with van der Waals surface area (Å²) in [5.74, 6) is -4.32. The van der Waals surface area contributed by atoms with Crippen LogP contribution in [0.3, 0.4) is 0 Å². The number of likely N-dealkylation sites (tertiary alicyclic amines) is 1. The smallest absolute Gasteiger partial charge is 0.250 e. The third kappa shape index (κ3) is 2.88. The molecule has 3 heterocycles. The highest BCUT2D eigenvalue weighted by atomic mass is 19.1. The summed E-state index contributed by atoms with van der Waals surface area (Å²) in [5, 5.41) is 25.5. The van der Waals surface area contributed by atoms with E-state index in [4.69, 9.17) is 0 Å². The molecular weight excluding hydrogens is 429 g/mol. The summed E-state index contributed by atoms with van der Waals surface area (Å²) >= 11 is 0. The fraction of sp³-hybridized carbons (Fsp3) is 0.375. The predicted molar refractivity (Wildman–Crippen MR) is 116 cm³/mol. The normalized spacial score (nSPS) is 28.9. The van der Waals surface area contributed by atoms with Gasteiger partial charge in [-0.2, -0.15) is 0 Å². The Kier molecular flexibility index (Phi) is 4.72. The molecule has 0 saturated carbocycles. The zero-order valence-corrected chi connectivity index (χ0v) is 18.1. The quantitative estimate of drug-likeness (QED) is 0.415. The van der Waals surface area contributed by atoms with Gasteiger partial charge in [0.1, 0.15) is 11.4 Å². The van der Waals surface area contributed by atoms with E-state index in [0.29, 0.717) is 23.2 Å². The highest BCUT2D eigenvalue weighted by Crippen LogP contribution is 2.53. The van der Waals surface area contributed by atoms with E-state index in [1.807, 2.05) is 6.92 Å². The lowest BCUT2D eigenvalue weighted by atomic mass is 9.76. The van der Waals surface area contributed by atoms with E-state index in [2.05, 4.69) is 10.6 Å². The van der Waals surface area contributed by atoms with E-state index in [0.717, 1.165) is 0 Å². The summed E-state index contributed by atoms with van der Waals surface area (Å²) in [7, 11) is 0. The second-order valence-corrected chi connectivity index (χ2v) is 9.04. The third-order valence-electron chi connectivity index (χ3n) is 7.24. The highest BCUT2D eigenvalue weighted by Gasteiger charge is 2.70. The minimum atomic E-state index is -1.58. The van der Waals surface area contributed by atoms with Gasteiger partial charge >= 0.3 is 0 Å². The third-order valence-corrected chi connectivity index (χ3v) is 7.24. The summed E-state index contributed by atoms with van der Waals surface area (Å²) in [6.45, 7) is 3.66. The van der Waals surface area contributed by atoms with Crippen LogP contribution in [0.15, 0.2) is 36.4 Å². The van der Waals surface area contributed by atoms with Crippen molar-refractivity contribution in [1.29, 1.82) is 0 Å². The fourth-order valence-corrected chi connectivity index (χ4v) is 5.54. The Balaban J connectivity index is 1.64. The van der Waals surface area contributed by atoms with E-state index in [1.54, 1.807) is 13.0 Å². The Labute approximate surface area is 189 Å². The van der Waals surface area contributed by atoms with Crippen LogP contribution in [-0.4, -0.2) is 44.9 Å². The van der Waals surface area contributed by atoms with Crippen LogP contribution in [-0.2, 0) is 26.3 Å². The van der Waals surface area contributed by atoms with E-state index < -0.39 is 41.0 Å². The van der Waals surface area contributed by atoms with Crippen LogP contribution in [0.25, 0.3) is 0 Å². The van der Waals surface area contributed by atoms with Gasteiger partial charge in [-0.25, -0.2) is 4.39 Å². The number of amides is 3. The lowest BCUT2D eigenvalue weighted by Crippen LogP contribution is -2.54. The number of halogens is 1. The standard InChI is InChI=1S/C24H24FN3O5/c1-3-11(2)28-21(31)19-16(8-12-4-7-17(29)18(30)9-12)27-24(20(19)22(28)32)14-10-13(25)5-6-15(14)26-23(24)33/h4-7,9-11,16,19-20,27,29-30H,3,8H2,1-2H3,(H,26,33)/t11-,16-,19+,20-,24-/m0/s1. The molecular formula is C24H24FN3O5. The number of anilines is 1. The first-order chi connectivity index (χ1) is 15.7. The molecule has 0 aliphatic carbocycles. The highest BCUT2D eigenvalue weighted by molar-refractivity contribution is 6.15. The number of carbonyl (C=O) groups excluding carboxylic acids is 3. The van der Waals surface area contributed by atoms with E-state index >= 15 is 0 Å². The van der Waals surface area contributed by atoms with Gasteiger partial charge in [0.2, 0.25) is 17.7 Å².